The highest BCUT2D eigenvalue weighted by Crippen LogP contribution is 2.29. The van der Waals surface area contributed by atoms with E-state index in [0.29, 0.717) is 5.75 Å². The van der Waals surface area contributed by atoms with E-state index in [2.05, 4.69) is 23.7 Å². The van der Waals surface area contributed by atoms with Crippen LogP contribution < -0.4 is 4.74 Å². The molecule has 0 aliphatic carbocycles. The van der Waals surface area contributed by atoms with Gasteiger partial charge in [0.1, 0.15) is 5.75 Å². The van der Waals surface area contributed by atoms with E-state index in [1.54, 1.807) is 0 Å². The highest BCUT2D eigenvalue weighted by molar-refractivity contribution is 5.91. The van der Waals surface area contributed by atoms with Gasteiger partial charge in [0.05, 0.1) is 5.92 Å². The molecule has 0 amide bonds. The van der Waals surface area contributed by atoms with Crippen LogP contribution in [0.15, 0.2) is 24.4 Å². The molecular weight excluding hydrogens is 288 g/mol. The summed E-state index contributed by atoms with van der Waals surface area (Å²) in [5.74, 6) is 0.342. The minimum absolute atomic E-state index is 0.132. The second kappa shape index (κ2) is 8.16. The van der Waals surface area contributed by atoms with Crippen molar-refractivity contribution in [1.29, 1.82) is 0 Å². The molecule has 0 fully saturated rings. The second-order valence-electron chi connectivity index (χ2n) is 6.25. The minimum Gasteiger partial charge on any atom is -0.426 e. The number of aromatic nitrogens is 1. The average Bonchev–Trinajstić information content (AvgIpc) is 2.95. The zero-order chi connectivity index (χ0) is 16.8. The molecule has 1 aromatic carbocycles. The number of ether oxygens (including phenoxy) is 1. The number of benzene rings is 1. The molecule has 126 valence electrons. The van der Waals surface area contributed by atoms with Crippen molar-refractivity contribution in [2.75, 3.05) is 19.6 Å². The summed E-state index contributed by atoms with van der Waals surface area (Å²) in [6.45, 7) is 11.3. The van der Waals surface area contributed by atoms with E-state index in [9.17, 15) is 4.79 Å². The summed E-state index contributed by atoms with van der Waals surface area (Å²) in [6.07, 6.45) is 4.15. The van der Waals surface area contributed by atoms with E-state index in [-0.39, 0.29) is 11.9 Å². The molecule has 0 saturated carbocycles. The lowest BCUT2D eigenvalue weighted by molar-refractivity contribution is -0.137. The molecule has 0 saturated heterocycles. The summed E-state index contributed by atoms with van der Waals surface area (Å²) < 4.78 is 5.60. The lowest BCUT2D eigenvalue weighted by Gasteiger charge is -2.19. The first kappa shape index (κ1) is 17.5. The third kappa shape index (κ3) is 4.35. The van der Waals surface area contributed by atoms with Crippen LogP contribution in [0.4, 0.5) is 0 Å². The largest absolute Gasteiger partial charge is 0.426 e. The molecule has 0 radical (unpaired) electrons. The van der Waals surface area contributed by atoms with Crippen LogP contribution in [0.5, 0.6) is 5.75 Å². The van der Waals surface area contributed by atoms with Crippen molar-refractivity contribution in [3.05, 3.63) is 30.0 Å². The molecule has 1 aromatic heterocycles. The zero-order valence-corrected chi connectivity index (χ0v) is 14.7. The van der Waals surface area contributed by atoms with Gasteiger partial charge in [0.2, 0.25) is 0 Å². The second-order valence-corrected chi connectivity index (χ2v) is 6.25. The van der Waals surface area contributed by atoms with E-state index < -0.39 is 0 Å². The Bertz CT molecular complexity index is 646. The van der Waals surface area contributed by atoms with Crippen molar-refractivity contribution < 1.29 is 9.53 Å². The fraction of sp³-hybridized carbons (Fsp3) is 0.526. The average molecular weight is 316 g/mol. The number of esters is 1. The molecule has 0 unspecified atom stereocenters. The molecule has 1 N–H and O–H groups in total. The van der Waals surface area contributed by atoms with Gasteiger partial charge in [-0.3, -0.25) is 4.79 Å². The van der Waals surface area contributed by atoms with Crippen molar-refractivity contribution in [1.82, 2.24) is 9.88 Å². The van der Waals surface area contributed by atoms with Gasteiger partial charge in [0, 0.05) is 23.6 Å². The number of nitrogens with one attached hydrogen (secondary N) is 1. The Morgan fingerprint density at radius 1 is 1.26 bits per heavy atom. The van der Waals surface area contributed by atoms with Gasteiger partial charge in [-0.05, 0) is 43.6 Å². The molecule has 0 spiro atoms. The topological polar surface area (TPSA) is 45.3 Å². The van der Waals surface area contributed by atoms with Crippen molar-refractivity contribution in [2.45, 2.75) is 40.5 Å². The summed E-state index contributed by atoms with van der Waals surface area (Å²) in [5.41, 5.74) is 2.23. The molecular formula is C19H28N2O2. The Kier molecular flexibility index (Phi) is 6.22. The smallest absolute Gasteiger partial charge is 0.313 e. The Hall–Kier alpha value is -1.81. The molecule has 2 rings (SSSR count). The Morgan fingerprint density at radius 3 is 2.70 bits per heavy atom. The first-order valence-corrected chi connectivity index (χ1v) is 8.59. The van der Waals surface area contributed by atoms with E-state index in [4.69, 9.17) is 4.74 Å². The quantitative estimate of drug-likeness (QED) is 0.591. The third-order valence-corrected chi connectivity index (χ3v) is 4.12. The fourth-order valence-corrected chi connectivity index (χ4v) is 2.75. The highest BCUT2D eigenvalue weighted by Gasteiger charge is 2.15. The number of nitrogens with zero attached hydrogens (tertiary/aromatic N) is 1. The zero-order valence-electron chi connectivity index (χ0n) is 14.7. The van der Waals surface area contributed by atoms with Gasteiger partial charge in [-0.15, -0.1) is 0 Å². The summed E-state index contributed by atoms with van der Waals surface area (Å²) in [6, 6.07) is 5.82. The molecule has 0 aliphatic heterocycles. The summed E-state index contributed by atoms with van der Waals surface area (Å²) in [7, 11) is 0. The predicted octanol–water partition coefficient (Wildman–Crippen LogP) is 4.00. The number of H-pyrrole nitrogens is 1. The Labute approximate surface area is 138 Å². The maximum absolute atomic E-state index is 11.9. The molecule has 0 aliphatic rings. The normalized spacial score (nSPS) is 11.6. The molecule has 0 atom stereocenters. The number of fused-ring (bicyclic) bond motifs is 1. The molecule has 0 bridgehead atoms. The van der Waals surface area contributed by atoms with E-state index >= 15 is 0 Å². The number of likely N-dealkylation sites (N-methyl/N-ethyl adjacent to an activating group) is 1. The van der Waals surface area contributed by atoms with Gasteiger partial charge in [0.25, 0.3) is 0 Å². The van der Waals surface area contributed by atoms with Gasteiger partial charge in [-0.25, -0.2) is 0 Å². The van der Waals surface area contributed by atoms with Gasteiger partial charge in [-0.2, -0.15) is 0 Å². The van der Waals surface area contributed by atoms with Crippen LogP contribution in [0.2, 0.25) is 0 Å². The van der Waals surface area contributed by atoms with Gasteiger partial charge >= 0.3 is 5.97 Å². The number of carbonyl (C=O) groups excluding carboxylic acids is 1. The van der Waals surface area contributed by atoms with Crippen LogP contribution in [0.3, 0.4) is 0 Å². The van der Waals surface area contributed by atoms with Crippen LogP contribution in [0, 0.1) is 5.92 Å². The first-order valence-electron chi connectivity index (χ1n) is 8.59. The van der Waals surface area contributed by atoms with Gasteiger partial charge < -0.3 is 14.6 Å². The molecule has 4 nitrogen and oxygen atoms in total. The van der Waals surface area contributed by atoms with Crippen LogP contribution in [0.1, 0.15) is 39.7 Å². The lowest BCUT2D eigenvalue weighted by atomic mass is 10.1. The van der Waals surface area contributed by atoms with Crippen molar-refractivity contribution in [3.63, 3.8) is 0 Å². The van der Waals surface area contributed by atoms with Crippen molar-refractivity contribution in [2.24, 2.45) is 5.92 Å². The van der Waals surface area contributed by atoms with E-state index in [0.717, 1.165) is 37.0 Å². The number of hydrogen-bond donors (Lipinski definition) is 1. The minimum atomic E-state index is -0.189. The third-order valence-electron chi connectivity index (χ3n) is 4.12. The summed E-state index contributed by atoms with van der Waals surface area (Å²) in [4.78, 5) is 17.7. The maximum atomic E-state index is 11.9. The monoisotopic (exact) mass is 316 g/mol. The lowest BCUT2D eigenvalue weighted by Crippen LogP contribution is -2.26. The highest BCUT2D eigenvalue weighted by atomic mass is 16.5. The van der Waals surface area contributed by atoms with Crippen LogP contribution in [0.25, 0.3) is 10.9 Å². The number of aromatic amines is 1. The van der Waals surface area contributed by atoms with Crippen LogP contribution >= 0.6 is 0 Å². The number of carbonyl (C=O) groups is 1. The van der Waals surface area contributed by atoms with Crippen molar-refractivity contribution in [3.8, 4) is 5.75 Å². The number of rotatable bonds is 8. The van der Waals surface area contributed by atoms with Gasteiger partial charge in [0.15, 0.2) is 0 Å². The fourth-order valence-electron chi connectivity index (χ4n) is 2.75. The molecule has 2 aromatic rings. The Morgan fingerprint density at radius 2 is 2.04 bits per heavy atom. The SMILES string of the molecule is CCCN(CC)CCc1c[nH]c2cccc(OC(=O)C(C)C)c12. The van der Waals surface area contributed by atoms with E-state index in [1.807, 2.05) is 38.2 Å². The number of hydrogen-bond acceptors (Lipinski definition) is 3. The molecule has 1 heterocycles. The van der Waals surface area contributed by atoms with Crippen LogP contribution in [-0.2, 0) is 11.2 Å². The Balaban J connectivity index is 2.22. The van der Waals surface area contributed by atoms with E-state index in [1.165, 1.54) is 12.0 Å². The molecule has 4 heteroatoms. The van der Waals surface area contributed by atoms with Gasteiger partial charge in [-0.1, -0.05) is 33.8 Å². The summed E-state index contributed by atoms with van der Waals surface area (Å²) in [5, 5.41) is 1.04. The van der Waals surface area contributed by atoms with Crippen LogP contribution in [-0.4, -0.2) is 35.5 Å². The van der Waals surface area contributed by atoms with Crippen molar-refractivity contribution >= 4 is 16.9 Å². The predicted molar refractivity (Wildman–Crippen MR) is 94.9 cm³/mol. The first-order chi connectivity index (χ1) is 11.1. The maximum Gasteiger partial charge on any atom is 0.313 e. The standard InChI is InChI=1S/C19H28N2O2/c1-5-11-21(6-2)12-10-15-13-20-16-8-7-9-17(18(15)16)23-19(22)14(3)4/h7-9,13-14,20H,5-6,10-12H2,1-4H3. The summed E-state index contributed by atoms with van der Waals surface area (Å²) >= 11 is 0. The molecule has 23 heavy (non-hydrogen) atoms.